The second kappa shape index (κ2) is 5.38. The van der Waals surface area contributed by atoms with E-state index in [2.05, 4.69) is 11.6 Å². The zero-order valence-electron chi connectivity index (χ0n) is 10.5. The van der Waals surface area contributed by atoms with Crippen LogP contribution in [0.25, 0.3) is 0 Å². The number of hydrogen-bond acceptors (Lipinski definition) is 3. The predicted molar refractivity (Wildman–Crippen MR) is 69.7 cm³/mol. The highest BCUT2D eigenvalue weighted by molar-refractivity contribution is 7.89. The summed E-state index contributed by atoms with van der Waals surface area (Å²) in [6.07, 6.45) is 1.66. The SMILES string of the molecule is CC1CC1CNS(=O)(=O)c1ccc(CCO)cc1. The first-order valence-electron chi connectivity index (χ1n) is 6.22. The van der Waals surface area contributed by atoms with Crippen LogP contribution in [0.3, 0.4) is 0 Å². The summed E-state index contributed by atoms with van der Waals surface area (Å²) in [6.45, 7) is 2.73. The van der Waals surface area contributed by atoms with Crippen LogP contribution in [-0.2, 0) is 16.4 Å². The standard InChI is InChI=1S/C13H19NO3S/c1-10-8-12(10)9-14-18(16,17)13-4-2-11(3-5-13)6-7-15/h2-5,10,12,14-15H,6-9H2,1H3. The Bertz CT molecular complexity index is 495. The minimum atomic E-state index is -3.38. The lowest BCUT2D eigenvalue weighted by Crippen LogP contribution is -2.26. The minimum absolute atomic E-state index is 0.0733. The van der Waals surface area contributed by atoms with E-state index in [1.54, 1.807) is 24.3 Å². The molecule has 2 atom stereocenters. The van der Waals surface area contributed by atoms with Crippen molar-refractivity contribution in [3.8, 4) is 0 Å². The minimum Gasteiger partial charge on any atom is -0.396 e. The predicted octanol–water partition coefficient (Wildman–Crippen LogP) is 1.16. The molecule has 0 spiro atoms. The lowest BCUT2D eigenvalue weighted by atomic mass is 10.2. The van der Waals surface area contributed by atoms with Gasteiger partial charge in [0.2, 0.25) is 10.0 Å². The molecule has 1 saturated carbocycles. The van der Waals surface area contributed by atoms with Gasteiger partial charge in [0.25, 0.3) is 0 Å². The van der Waals surface area contributed by atoms with E-state index in [1.165, 1.54) is 0 Å². The summed E-state index contributed by atoms with van der Waals surface area (Å²) in [4.78, 5) is 0.289. The molecule has 1 fully saturated rings. The smallest absolute Gasteiger partial charge is 0.240 e. The van der Waals surface area contributed by atoms with E-state index in [0.29, 0.717) is 24.8 Å². The van der Waals surface area contributed by atoms with Crippen molar-refractivity contribution in [3.63, 3.8) is 0 Å². The Kier molecular flexibility index (Phi) is 4.04. The molecular formula is C13H19NO3S. The van der Waals surface area contributed by atoms with Gasteiger partial charge in [0.1, 0.15) is 0 Å². The largest absolute Gasteiger partial charge is 0.396 e. The summed E-state index contributed by atoms with van der Waals surface area (Å²) in [5, 5.41) is 8.80. The fourth-order valence-electron chi connectivity index (χ4n) is 1.95. The van der Waals surface area contributed by atoms with Crippen LogP contribution in [0.4, 0.5) is 0 Å². The van der Waals surface area contributed by atoms with Crippen molar-refractivity contribution in [1.82, 2.24) is 4.72 Å². The quantitative estimate of drug-likeness (QED) is 0.814. The fraction of sp³-hybridized carbons (Fsp3) is 0.538. The average molecular weight is 269 g/mol. The molecule has 100 valence electrons. The van der Waals surface area contributed by atoms with E-state index in [4.69, 9.17) is 5.11 Å². The third-order valence-corrected chi connectivity index (χ3v) is 4.89. The molecule has 0 radical (unpaired) electrons. The molecule has 2 unspecified atom stereocenters. The van der Waals surface area contributed by atoms with Gasteiger partial charge in [0.15, 0.2) is 0 Å². The molecule has 5 heteroatoms. The third-order valence-electron chi connectivity index (χ3n) is 3.45. The van der Waals surface area contributed by atoms with Crippen molar-refractivity contribution in [1.29, 1.82) is 0 Å². The van der Waals surface area contributed by atoms with Crippen molar-refractivity contribution in [3.05, 3.63) is 29.8 Å². The van der Waals surface area contributed by atoms with Crippen LogP contribution in [0.1, 0.15) is 18.9 Å². The summed E-state index contributed by atoms with van der Waals surface area (Å²) in [5.74, 6) is 1.13. The maximum Gasteiger partial charge on any atom is 0.240 e. The van der Waals surface area contributed by atoms with Crippen LogP contribution in [0.15, 0.2) is 29.2 Å². The van der Waals surface area contributed by atoms with Crippen molar-refractivity contribution in [2.45, 2.75) is 24.7 Å². The van der Waals surface area contributed by atoms with E-state index < -0.39 is 10.0 Å². The summed E-state index contributed by atoms with van der Waals surface area (Å²) >= 11 is 0. The van der Waals surface area contributed by atoms with Gasteiger partial charge in [0.05, 0.1) is 4.90 Å². The lowest BCUT2D eigenvalue weighted by Gasteiger charge is -2.07. The number of rotatable bonds is 6. The monoisotopic (exact) mass is 269 g/mol. The summed E-state index contributed by atoms with van der Waals surface area (Å²) in [6, 6.07) is 6.66. The van der Waals surface area contributed by atoms with E-state index in [-0.39, 0.29) is 11.5 Å². The molecule has 2 rings (SSSR count). The summed E-state index contributed by atoms with van der Waals surface area (Å²) in [5.41, 5.74) is 0.937. The Balaban J connectivity index is 1.99. The number of benzene rings is 1. The van der Waals surface area contributed by atoms with Gasteiger partial charge in [-0.25, -0.2) is 13.1 Å². The van der Waals surface area contributed by atoms with E-state index in [9.17, 15) is 8.42 Å². The molecule has 18 heavy (non-hydrogen) atoms. The highest BCUT2D eigenvalue weighted by Gasteiger charge is 2.33. The van der Waals surface area contributed by atoms with Gasteiger partial charge >= 0.3 is 0 Å². The molecule has 0 aromatic heterocycles. The zero-order chi connectivity index (χ0) is 13.2. The molecule has 2 N–H and O–H groups in total. The Morgan fingerprint density at radius 3 is 2.44 bits per heavy atom. The Labute approximate surface area is 108 Å². The van der Waals surface area contributed by atoms with Crippen molar-refractivity contribution in [2.24, 2.45) is 11.8 Å². The fourth-order valence-corrected chi connectivity index (χ4v) is 3.04. The van der Waals surface area contributed by atoms with Crippen LogP contribution in [-0.4, -0.2) is 26.7 Å². The molecule has 4 nitrogen and oxygen atoms in total. The maximum atomic E-state index is 12.0. The average Bonchev–Trinajstić information content (AvgIpc) is 3.04. The highest BCUT2D eigenvalue weighted by Crippen LogP contribution is 2.37. The van der Waals surface area contributed by atoms with Crippen molar-refractivity contribution < 1.29 is 13.5 Å². The van der Waals surface area contributed by atoms with E-state index >= 15 is 0 Å². The lowest BCUT2D eigenvalue weighted by molar-refractivity contribution is 0.299. The molecule has 1 aromatic carbocycles. The first-order chi connectivity index (χ1) is 8.53. The molecule has 0 aliphatic heterocycles. The Morgan fingerprint density at radius 1 is 1.33 bits per heavy atom. The van der Waals surface area contributed by atoms with Crippen LogP contribution < -0.4 is 4.72 Å². The van der Waals surface area contributed by atoms with Crippen molar-refractivity contribution >= 4 is 10.0 Å². The van der Waals surface area contributed by atoms with Crippen LogP contribution in [0.2, 0.25) is 0 Å². The Hall–Kier alpha value is -0.910. The first kappa shape index (κ1) is 13.5. The normalized spacial score (nSPS) is 23.0. The molecule has 0 bridgehead atoms. The summed E-state index contributed by atoms with van der Waals surface area (Å²) < 4.78 is 26.6. The first-order valence-corrected chi connectivity index (χ1v) is 7.70. The van der Waals surface area contributed by atoms with Gasteiger partial charge in [-0.15, -0.1) is 0 Å². The maximum absolute atomic E-state index is 12.0. The second-order valence-corrected chi connectivity index (χ2v) is 6.71. The topological polar surface area (TPSA) is 66.4 Å². The number of nitrogens with one attached hydrogen (secondary N) is 1. The van der Waals surface area contributed by atoms with Crippen LogP contribution in [0, 0.1) is 11.8 Å². The third kappa shape index (κ3) is 3.31. The summed E-state index contributed by atoms with van der Waals surface area (Å²) in [7, 11) is -3.38. The van der Waals surface area contributed by atoms with Gasteiger partial charge in [-0.05, 0) is 42.4 Å². The van der Waals surface area contributed by atoms with Gasteiger partial charge in [-0.2, -0.15) is 0 Å². The van der Waals surface area contributed by atoms with Crippen LogP contribution in [0.5, 0.6) is 0 Å². The van der Waals surface area contributed by atoms with Gasteiger partial charge in [-0.3, -0.25) is 0 Å². The second-order valence-electron chi connectivity index (χ2n) is 4.94. The number of sulfonamides is 1. The number of aliphatic hydroxyl groups excluding tert-OH is 1. The van der Waals surface area contributed by atoms with Crippen LogP contribution >= 0.6 is 0 Å². The zero-order valence-corrected chi connectivity index (χ0v) is 11.3. The molecule has 0 heterocycles. The molecule has 1 aromatic rings. The van der Waals surface area contributed by atoms with Gasteiger partial charge in [-0.1, -0.05) is 19.1 Å². The van der Waals surface area contributed by atoms with E-state index in [1.807, 2.05) is 0 Å². The molecule has 0 amide bonds. The Morgan fingerprint density at radius 2 is 1.94 bits per heavy atom. The molecule has 0 saturated heterocycles. The van der Waals surface area contributed by atoms with Gasteiger partial charge < -0.3 is 5.11 Å². The number of aliphatic hydroxyl groups is 1. The van der Waals surface area contributed by atoms with Crippen molar-refractivity contribution in [2.75, 3.05) is 13.2 Å². The highest BCUT2D eigenvalue weighted by atomic mass is 32.2. The molecular weight excluding hydrogens is 250 g/mol. The molecule has 1 aliphatic carbocycles. The van der Waals surface area contributed by atoms with Gasteiger partial charge in [0, 0.05) is 13.2 Å². The molecule has 1 aliphatic rings. The number of hydrogen-bond donors (Lipinski definition) is 2. The van der Waals surface area contributed by atoms with E-state index in [0.717, 1.165) is 12.0 Å².